The van der Waals surface area contributed by atoms with Crippen molar-refractivity contribution in [1.82, 2.24) is 30.3 Å². The number of amides is 6. The maximum Gasteiger partial charge on any atom is 0.407 e. The van der Waals surface area contributed by atoms with Gasteiger partial charge in [0.15, 0.2) is 0 Å². The fourth-order valence-electron chi connectivity index (χ4n) is 7.86. The van der Waals surface area contributed by atoms with Crippen molar-refractivity contribution in [2.75, 3.05) is 50.9 Å². The van der Waals surface area contributed by atoms with Gasteiger partial charge in [-0.3, -0.25) is 28.9 Å². The van der Waals surface area contributed by atoms with Crippen molar-refractivity contribution in [2.45, 2.75) is 104 Å². The lowest BCUT2D eigenvalue weighted by atomic mass is 9.83. The number of benzene rings is 2. The van der Waals surface area contributed by atoms with Crippen LogP contribution in [0.15, 0.2) is 72.9 Å². The highest BCUT2D eigenvalue weighted by Crippen LogP contribution is 2.41. The van der Waals surface area contributed by atoms with E-state index in [1.165, 1.54) is 11.8 Å². The van der Waals surface area contributed by atoms with E-state index in [0.717, 1.165) is 46.9 Å². The van der Waals surface area contributed by atoms with Crippen LogP contribution in [0.3, 0.4) is 0 Å². The van der Waals surface area contributed by atoms with Crippen LogP contribution in [0.4, 0.5) is 13.6 Å². The van der Waals surface area contributed by atoms with Crippen molar-refractivity contribution < 1.29 is 51.8 Å². The maximum atomic E-state index is 15.4. The zero-order valence-corrected chi connectivity index (χ0v) is 45.0. The largest absolute Gasteiger partial charge is 0.464 e. The van der Waals surface area contributed by atoms with Gasteiger partial charge in [0.25, 0.3) is 11.8 Å². The number of nitrogens with one attached hydrogen (secondary N) is 3. The number of nitrogens with zero attached hydrogens (tertiary/aromatic N) is 3. The number of rotatable bonds is 25. The van der Waals surface area contributed by atoms with Crippen LogP contribution in [-0.4, -0.2) is 128 Å². The van der Waals surface area contributed by atoms with Crippen LogP contribution in [0.25, 0.3) is 11.1 Å². The molecule has 1 aliphatic rings. The van der Waals surface area contributed by atoms with E-state index in [-0.39, 0.29) is 55.6 Å². The predicted molar refractivity (Wildman–Crippen MR) is 273 cm³/mol. The van der Waals surface area contributed by atoms with E-state index >= 15 is 4.39 Å². The summed E-state index contributed by atoms with van der Waals surface area (Å²) in [6.07, 6.45) is 3.57. The number of imide groups is 1. The van der Waals surface area contributed by atoms with Crippen molar-refractivity contribution >= 4 is 69.5 Å². The van der Waals surface area contributed by atoms with Crippen molar-refractivity contribution in [2.24, 2.45) is 5.41 Å². The second-order valence-corrected chi connectivity index (χ2v) is 32.7. The van der Waals surface area contributed by atoms with E-state index in [1.54, 1.807) is 24.1 Å². The number of ether oxygens (including phenoxy) is 2. The number of alkyl carbamates (subject to hydrolysis) is 1. The number of esters is 1. The lowest BCUT2D eigenvalue weighted by Crippen LogP contribution is -2.73. The summed E-state index contributed by atoms with van der Waals surface area (Å²) >= 11 is 1.21. The summed E-state index contributed by atoms with van der Waals surface area (Å²) < 4.78 is 42.8. The Morgan fingerprint density at radius 1 is 0.871 bits per heavy atom. The maximum absolute atomic E-state index is 15.4. The van der Waals surface area contributed by atoms with Gasteiger partial charge in [-0.1, -0.05) is 90.4 Å². The standard InChI is InChI=1S/C50H70F2N6O9SSi2/c1-11-66-47(64)50(70(8,9)10,34-54-42(60)32-58-43(61)20-21-44(58)62)55-41(59)22-26-68-33-45(63)57(24-15-23-53-48(65)67-25-27-69(5,6)7)46(49(2,3)4)40-28-36(38-29-37(51)18-19-39(38)52)31-56(40)30-35-16-13-12-14-17-35/h12-14,16-21,28-29,31,46H,11,15,22-27,30,32-34H2,1-10H3,(H,53,65)(H,54,60)(H,55,59)/t46-,50-/m0/s1. The van der Waals surface area contributed by atoms with Gasteiger partial charge in [0, 0.05) is 81.6 Å². The summed E-state index contributed by atoms with van der Waals surface area (Å²) in [7, 11) is -4.23. The molecule has 0 bridgehead atoms. The topological polar surface area (TPSA) is 185 Å². The second-order valence-electron chi connectivity index (χ2n) is 20.6. The van der Waals surface area contributed by atoms with E-state index in [1.807, 2.05) is 75.3 Å². The molecule has 2 heterocycles. The third kappa shape index (κ3) is 16.2. The van der Waals surface area contributed by atoms with Gasteiger partial charge >= 0.3 is 12.1 Å². The molecule has 0 fully saturated rings. The summed E-state index contributed by atoms with van der Waals surface area (Å²) in [5.41, 5.74) is 1.49. The lowest BCUT2D eigenvalue weighted by Gasteiger charge is -2.42. The zero-order chi connectivity index (χ0) is 52.0. The third-order valence-electron chi connectivity index (χ3n) is 11.7. The highest BCUT2D eigenvalue weighted by Gasteiger charge is 2.52. The van der Waals surface area contributed by atoms with Crippen LogP contribution in [0.1, 0.15) is 57.8 Å². The van der Waals surface area contributed by atoms with Gasteiger partial charge in [-0.05, 0) is 54.6 Å². The quantitative estimate of drug-likeness (QED) is 0.0337. The first-order valence-corrected chi connectivity index (χ1v) is 31.9. The average molecular weight is 1030 g/mol. The molecule has 0 spiro atoms. The van der Waals surface area contributed by atoms with Crippen LogP contribution in [0.2, 0.25) is 45.3 Å². The Labute approximate surface area is 416 Å². The fourth-order valence-corrected chi connectivity index (χ4v) is 11.2. The molecule has 0 saturated carbocycles. The molecule has 20 heteroatoms. The Hall–Kier alpha value is -5.61. The number of carbonyl (C=O) groups excluding carboxylic acids is 7. The molecule has 6 amide bonds. The summed E-state index contributed by atoms with van der Waals surface area (Å²) in [6.45, 7) is 19.8. The molecule has 0 radical (unpaired) electrons. The molecule has 382 valence electrons. The Balaban J connectivity index is 1.59. The number of carbonyl (C=O) groups is 7. The molecule has 4 rings (SSSR count). The number of hydrogen-bond acceptors (Lipinski definition) is 10. The van der Waals surface area contributed by atoms with Gasteiger partial charge in [0.2, 0.25) is 17.7 Å². The first-order chi connectivity index (χ1) is 32.8. The van der Waals surface area contributed by atoms with E-state index in [2.05, 4.69) is 35.6 Å². The van der Waals surface area contributed by atoms with Crippen molar-refractivity contribution in [1.29, 1.82) is 0 Å². The van der Waals surface area contributed by atoms with Gasteiger partial charge in [0.1, 0.15) is 23.3 Å². The molecule has 1 aromatic heterocycles. The molecule has 0 aliphatic carbocycles. The van der Waals surface area contributed by atoms with Gasteiger partial charge < -0.3 is 34.9 Å². The van der Waals surface area contributed by atoms with Crippen molar-refractivity contribution in [3.05, 3.63) is 95.8 Å². The normalized spacial score (nSPS) is 14.2. The molecule has 2 atom stereocenters. The van der Waals surface area contributed by atoms with Gasteiger partial charge in [-0.2, -0.15) is 11.8 Å². The number of thioether (sulfide) groups is 1. The summed E-state index contributed by atoms with van der Waals surface area (Å²) in [5.74, 6) is -4.64. The smallest absolute Gasteiger partial charge is 0.407 e. The predicted octanol–water partition coefficient (Wildman–Crippen LogP) is 7.31. The molecule has 15 nitrogen and oxygen atoms in total. The van der Waals surface area contributed by atoms with Gasteiger partial charge in [0.05, 0.1) is 33.1 Å². The van der Waals surface area contributed by atoms with E-state index in [4.69, 9.17) is 9.47 Å². The van der Waals surface area contributed by atoms with Crippen LogP contribution < -0.4 is 16.0 Å². The van der Waals surface area contributed by atoms with Crippen LogP contribution in [0, 0.1) is 17.0 Å². The molecule has 0 saturated heterocycles. The molecule has 3 N–H and O–H groups in total. The molecule has 2 aromatic carbocycles. The number of hydrogen-bond donors (Lipinski definition) is 3. The third-order valence-corrected chi connectivity index (χ3v) is 17.5. The molecule has 1 aliphatic heterocycles. The van der Waals surface area contributed by atoms with Crippen LogP contribution in [-0.2, 0) is 44.8 Å². The Morgan fingerprint density at radius 3 is 2.16 bits per heavy atom. The molecule has 70 heavy (non-hydrogen) atoms. The summed E-state index contributed by atoms with van der Waals surface area (Å²) in [5, 5.41) is 6.68. The number of halogens is 2. The van der Waals surface area contributed by atoms with Crippen LogP contribution in [0.5, 0.6) is 0 Å². The van der Waals surface area contributed by atoms with Crippen molar-refractivity contribution in [3.63, 3.8) is 0 Å². The Kier molecular flexibility index (Phi) is 20.3. The number of aromatic nitrogens is 1. The molecule has 3 aromatic rings. The highest BCUT2D eigenvalue weighted by molar-refractivity contribution is 7.99. The molecule has 0 unspecified atom stereocenters. The van der Waals surface area contributed by atoms with E-state index in [0.29, 0.717) is 30.8 Å². The van der Waals surface area contributed by atoms with Crippen molar-refractivity contribution in [3.8, 4) is 11.1 Å². The molecular weight excluding hydrogens is 955 g/mol. The van der Waals surface area contributed by atoms with Gasteiger partial charge in [-0.25, -0.2) is 18.4 Å². The Bertz CT molecular complexity index is 2360. The van der Waals surface area contributed by atoms with Crippen LogP contribution >= 0.6 is 11.8 Å². The Morgan fingerprint density at radius 2 is 1.54 bits per heavy atom. The van der Waals surface area contributed by atoms with Gasteiger partial charge in [-0.15, -0.1) is 0 Å². The van der Waals surface area contributed by atoms with E-state index in [9.17, 15) is 38.0 Å². The average Bonchev–Trinajstić information content (AvgIpc) is 3.82. The first-order valence-electron chi connectivity index (χ1n) is 23.5. The van der Waals surface area contributed by atoms with E-state index < -0.39 is 86.6 Å². The fraction of sp³-hybridized carbons (Fsp3) is 0.500. The molecular formula is C50H70F2N6O9SSi2. The monoisotopic (exact) mass is 1020 g/mol. The minimum Gasteiger partial charge on any atom is -0.464 e. The highest BCUT2D eigenvalue weighted by atomic mass is 32.2. The minimum atomic E-state index is -2.80. The lowest BCUT2D eigenvalue weighted by molar-refractivity contribution is -0.150. The summed E-state index contributed by atoms with van der Waals surface area (Å²) in [4.78, 5) is 94.6. The summed E-state index contributed by atoms with van der Waals surface area (Å²) in [6, 6.07) is 14.9. The first kappa shape index (κ1) is 57.0. The minimum absolute atomic E-state index is 0.000205. The SMILES string of the molecule is CCOC(=O)[C@@](CNC(=O)CN1C(=O)C=CC1=O)(NC(=O)CCSCC(=O)N(CCCNC(=O)OCC[Si](C)(C)C)[C@@H](c1cc(-c2cc(F)ccc2F)cn1Cc1ccccc1)C(C)(C)C)[Si](C)(C)C. The zero-order valence-electron chi connectivity index (χ0n) is 42.2. The second kappa shape index (κ2) is 25.0.